The van der Waals surface area contributed by atoms with Crippen molar-refractivity contribution in [2.45, 2.75) is 40.0 Å². The van der Waals surface area contributed by atoms with Crippen LogP contribution < -0.4 is 5.32 Å². The van der Waals surface area contributed by atoms with Crippen LogP contribution in [-0.4, -0.2) is 34.8 Å². The third-order valence-corrected chi connectivity index (χ3v) is 4.16. The molecule has 0 aliphatic rings. The third kappa shape index (κ3) is 4.91. The number of aromatic nitrogens is 1. The second kappa shape index (κ2) is 9.70. The van der Waals surface area contributed by atoms with Gasteiger partial charge in [0.1, 0.15) is 5.69 Å². The highest BCUT2D eigenvalue weighted by Gasteiger charge is 2.17. The quantitative estimate of drug-likeness (QED) is 0.775. The van der Waals surface area contributed by atoms with Crippen molar-refractivity contribution < 1.29 is 9.59 Å². The van der Waals surface area contributed by atoms with Crippen LogP contribution in [0.15, 0.2) is 42.6 Å². The number of para-hydroxylation sites is 1. The molecule has 1 aromatic heterocycles. The molecule has 0 saturated heterocycles. The first-order chi connectivity index (χ1) is 12.6. The Morgan fingerprint density at radius 2 is 1.73 bits per heavy atom. The van der Waals surface area contributed by atoms with E-state index in [0.717, 1.165) is 30.5 Å². The van der Waals surface area contributed by atoms with E-state index in [1.165, 1.54) is 6.20 Å². The largest absolute Gasteiger partial charge is 0.337 e. The summed E-state index contributed by atoms with van der Waals surface area (Å²) in [7, 11) is 0. The molecule has 0 fully saturated rings. The van der Waals surface area contributed by atoms with Gasteiger partial charge in [0.25, 0.3) is 11.8 Å². The minimum absolute atomic E-state index is 0.127. The van der Waals surface area contributed by atoms with Gasteiger partial charge in [-0.25, -0.2) is 0 Å². The number of anilines is 1. The van der Waals surface area contributed by atoms with Gasteiger partial charge < -0.3 is 10.2 Å². The molecule has 0 aliphatic heterocycles. The maximum atomic E-state index is 12.7. The van der Waals surface area contributed by atoms with Crippen molar-refractivity contribution in [1.82, 2.24) is 9.88 Å². The van der Waals surface area contributed by atoms with Crippen LogP contribution in [0.25, 0.3) is 0 Å². The number of pyridine rings is 1. The number of hydrogen-bond acceptors (Lipinski definition) is 3. The Balaban J connectivity index is 2.19. The fourth-order valence-corrected chi connectivity index (χ4v) is 2.85. The van der Waals surface area contributed by atoms with Crippen LogP contribution in [-0.2, 0) is 6.42 Å². The zero-order valence-corrected chi connectivity index (χ0v) is 15.8. The van der Waals surface area contributed by atoms with Crippen LogP contribution in [0.5, 0.6) is 0 Å². The summed E-state index contributed by atoms with van der Waals surface area (Å²) in [6.07, 6.45) is 4.13. The van der Waals surface area contributed by atoms with Crippen molar-refractivity contribution in [2.24, 2.45) is 0 Å². The van der Waals surface area contributed by atoms with Crippen molar-refractivity contribution in [3.05, 3.63) is 59.4 Å². The van der Waals surface area contributed by atoms with E-state index in [2.05, 4.69) is 10.3 Å². The van der Waals surface area contributed by atoms with E-state index < -0.39 is 0 Å². The number of amides is 2. The van der Waals surface area contributed by atoms with Gasteiger partial charge in [-0.1, -0.05) is 39.0 Å². The molecule has 2 aromatic rings. The number of carbonyl (C=O) groups excluding carboxylic acids is 2. The van der Waals surface area contributed by atoms with Crippen LogP contribution in [0.4, 0.5) is 5.69 Å². The first kappa shape index (κ1) is 19.6. The van der Waals surface area contributed by atoms with Gasteiger partial charge >= 0.3 is 0 Å². The SMILES string of the molecule is CCCN(CCC)C(=O)c1cc(C(=O)Nc2ccccc2CC)ccn1. The molecule has 0 unspecified atom stereocenters. The number of aryl methyl sites for hydroxylation is 1. The first-order valence-corrected chi connectivity index (χ1v) is 9.25. The van der Waals surface area contributed by atoms with Crippen LogP contribution in [0.2, 0.25) is 0 Å². The highest BCUT2D eigenvalue weighted by molar-refractivity contribution is 6.06. The maximum absolute atomic E-state index is 12.7. The van der Waals surface area contributed by atoms with Crippen LogP contribution in [0.1, 0.15) is 60.0 Å². The van der Waals surface area contributed by atoms with Crippen molar-refractivity contribution in [2.75, 3.05) is 18.4 Å². The average Bonchev–Trinajstić information content (AvgIpc) is 2.67. The standard InChI is InChI=1S/C21H27N3O2/c1-4-13-24(14-5-2)21(26)19-15-17(11-12-22-19)20(25)23-18-10-8-7-9-16(18)6-3/h7-12,15H,4-6,13-14H2,1-3H3,(H,23,25). The van der Waals surface area contributed by atoms with Gasteiger partial charge in [0.2, 0.25) is 0 Å². The molecule has 5 heteroatoms. The lowest BCUT2D eigenvalue weighted by Gasteiger charge is -2.21. The Hall–Kier alpha value is -2.69. The van der Waals surface area contributed by atoms with E-state index in [1.54, 1.807) is 17.0 Å². The second-order valence-electron chi connectivity index (χ2n) is 6.19. The molecule has 1 aromatic carbocycles. The topological polar surface area (TPSA) is 62.3 Å². The fraction of sp³-hybridized carbons (Fsp3) is 0.381. The minimum atomic E-state index is -0.236. The monoisotopic (exact) mass is 353 g/mol. The molecule has 0 bridgehead atoms. The molecule has 26 heavy (non-hydrogen) atoms. The zero-order valence-electron chi connectivity index (χ0n) is 15.8. The molecule has 0 aliphatic carbocycles. The van der Waals surface area contributed by atoms with Gasteiger partial charge in [-0.15, -0.1) is 0 Å². The third-order valence-electron chi connectivity index (χ3n) is 4.16. The molecule has 0 saturated carbocycles. The maximum Gasteiger partial charge on any atom is 0.272 e. The molecule has 1 N–H and O–H groups in total. The molecule has 2 amide bonds. The lowest BCUT2D eigenvalue weighted by atomic mass is 10.1. The Bertz CT molecular complexity index is 752. The summed E-state index contributed by atoms with van der Waals surface area (Å²) in [5.74, 6) is -0.364. The molecule has 0 atom stereocenters. The Morgan fingerprint density at radius 3 is 2.38 bits per heavy atom. The molecule has 0 spiro atoms. The van der Waals surface area contributed by atoms with E-state index >= 15 is 0 Å². The first-order valence-electron chi connectivity index (χ1n) is 9.25. The Morgan fingerprint density at radius 1 is 1.04 bits per heavy atom. The number of benzene rings is 1. The molecule has 138 valence electrons. The lowest BCUT2D eigenvalue weighted by Crippen LogP contribution is -2.33. The Labute approximate surface area is 155 Å². The molecular formula is C21H27N3O2. The zero-order chi connectivity index (χ0) is 18.9. The summed E-state index contributed by atoms with van der Waals surface area (Å²) in [5.41, 5.74) is 2.61. The molecule has 1 heterocycles. The lowest BCUT2D eigenvalue weighted by molar-refractivity contribution is 0.0749. The number of nitrogens with one attached hydrogen (secondary N) is 1. The Kier molecular flexibility index (Phi) is 7.33. The van der Waals surface area contributed by atoms with Crippen LogP contribution in [0.3, 0.4) is 0 Å². The molecule has 5 nitrogen and oxygen atoms in total. The molecular weight excluding hydrogens is 326 g/mol. The predicted octanol–water partition coefficient (Wildman–Crippen LogP) is 4.16. The summed E-state index contributed by atoms with van der Waals surface area (Å²) in [5, 5.41) is 2.93. The summed E-state index contributed by atoms with van der Waals surface area (Å²) >= 11 is 0. The minimum Gasteiger partial charge on any atom is -0.337 e. The van der Waals surface area contributed by atoms with E-state index in [-0.39, 0.29) is 11.8 Å². The highest BCUT2D eigenvalue weighted by atomic mass is 16.2. The van der Waals surface area contributed by atoms with Crippen molar-refractivity contribution in [3.63, 3.8) is 0 Å². The van der Waals surface area contributed by atoms with Gasteiger partial charge in [0.15, 0.2) is 0 Å². The average molecular weight is 353 g/mol. The molecule has 2 rings (SSSR count). The molecule has 0 radical (unpaired) electrons. The van der Waals surface area contributed by atoms with Gasteiger partial charge in [-0.05, 0) is 43.0 Å². The number of hydrogen-bond donors (Lipinski definition) is 1. The van der Waals surface area contributed by atoms with Gasteiger partial charge in [0.05, 0.1) is 0 Å². The predicted molar refractivity (Wildman–Crippen MR) is 104 cm³/mol. The van der Waals surface area contributed by atoms with Gasteiger partial charge in [-0.3, -0.25) is 14.6 Å². The summed E-state index contributed by atoms with van der Waals surface area (Å²) in [4.78, 5) is 31.3. The normalized spacial score (nSPS) is 10.4. The van der Waals surface area contributed by atoms with E-state index in [9.17, 15) is 9.59 Å². The van der Waals surface area contributed by atoms with Gasteiger partial charge in [0, 0.05) is 30.5 Å². The second-order valence-corrected chi connectivity index (χ2v) is 6.19. The van der Waals surface area contributed by atoms with Crippen LogP contribution in [0, 0.1) is 0 Å². The smallest absolute Gasteiger partial charge is 0.272 e. The number of carbonyl (C=O) groups is 2. The van der Waals surface area contributed by atoms with E-state index in [4.69, 9.17) is 0 Å². The van der Waals surface area contributed by atoms with Crippen LogP contribution >= 0.6 is 0 Å². The van der Waals surface area contributed by atoms with E-state index in [0.29, 0.717) is 24.3 Å². The number of nitrogens with zero attached hydrogens (tertiary/aromatic N) is 2. The number of rotatable bonds is 8. The van der Waals surface area contributed by atoms with Crippen molar-refractivity contribution in [1.29, 1.82) is 0 Å². The van der Waals surface area contributed by atoms with Gasteiger partial charge in [-0.2, -0.15) is 0 Å². The van der Waals surface area contributed by atoms with Crippen molar-refractivity contribution >= 4 is 17.5 Å². The summed E-state index contributed by atoms with van der Waals surface area (Å²) in [6.45, 7) is 7.50. The fourth-order valence-electron chi connectivity index (χ4n) is 2.85. The van der Waals surface area contributed by atoms with Crippen molar-refractivity contribution in [3.8, 4) is 0 Å². The summed E-state index contributed by atoms with van der Waals surface area (Å²) in [6, 6.07) is 10.9. The summed E-state index contributed by atoms with van der Waals surface area (Å²) < 4.78 is 0. The van der Waals surface area contributed by atoms with E-state index in [1.807, 2.05) is 45.0 Å². The highest BCUT2D eigenvalue weighted by Crippen LogP contribution is 2.17.